The van der Waals surface area contributed by atoms with Gasteiger partial charge in [-0.05, 0) is 46.5 Å². The van der Waals surface area contributed by atoms with Gasteiger partial charge in [-0.1, -0.05) is 12.2 Å². The van der Waals surface area contributed by atoms with Crippen LogP contribution in [0, 0.1) is 0 Å². The van der Waals surface area contributed by atoms with Gasteiger partial charge in [0.2, 0.25) is 0 Å². The van der Waals surface area contributed by atoms with Crippen molar-refractivity contribution >= 4 is 5.96 Å². The monoisotopic (exact) mass is 278 g/mol. The van der Waals surface area contributed by atoms with E-state index in [-0.39, 0.29) is 0 Å². The molecule has 1 saturated carbocycles. The van der Waals surface area contributed by atoms with E-state index in [1.165, 1.54) is 12.8 Å². The first-order valence-corrected chi connectivity index (χ1v) is 8.16. The lowest BCUT2D eigenvalue weighted by atomic mass is 10.2. The van der Waals surface area contributed by atoms with E-state index in [9.17, 15) is 0 Å². The summed E-state index contributed by atoms with van der Waals surface area (Å²) < 4.78 is 0. The van der Waals surface area contributed by atoms with Crippen LogP contribution in [-0.4, -0.2) is 48.6 Å². The Hall–Kier alpha value is -1.03. The maximum absolute atomic E-state index is 4.73. The number of hydrogen-bond donors (Lipinski definition) is 2. The van der Waals surface area contributed by atoms with Gasteiger partial charge in [-0.15, -0.1) is 0 Å². The van der Waals surface area contributed by atoms with Crippen molar-refractivity contribution in [2.24, 2.45) is 4.99 Å². The topological polar surface area (TPSA) is 39.7 Å². The first-order valence-electron chi connectivity index (χ1n) is 8.16. The van der Waals surface area contributed by atoms with Crippen molar-refractivity contribution in [3.8, 4) is 0 Å². The number of aliphatic imine (C=N–C) groups is 1. The first kappa shape index (κ1) is 15.4. The van der Waals surface area contributed by atoms with Crippen LogP contribution >= 0.6 is 0 Å². The summed E-state index contributed by atoms with van der Waals surface area (Å²) in [6.45, 7) is 9.56. The van der Waals surface area contributed by atoms with Crippen LogP contribution in [0.1, 0.15) is 46.5 Å². The van der Waals surface area contributed by atoms with Crippen LogP contribution in [0.3, 0.4) is 0 Å². The molecule has 4 heteroatoms. The van der Waals surface area contributed by atoms with Crippen LogP contribution in [-0.2, 0) is 0 Å². The minimum Gasteiger partial charge on any atom is -0.357 e. The van der Waals surface area contributed by atoms with Gasteiger partial charge in [-0.3, -0.25) is 9.89 Å². The Morgan fingerprint density at radius 1 is 1.30 bits per heavy atom. The number of nitrogens with one attached hydrogen (secondary N) is 2. The summed E-state index contributed by atoms with van der Waals surface area (Å²) in [6, 6.07) is 1.98. The van der Waals surface area contributed by atoms with Gasteiger partial charge in [0, 0.05) is 31.2 Å². The van der Waals surface area contributed by atoms with E-state index in [1.54, 1.807) is 0 Å². The molecule has 0 unspecified atom stereocenters. The van der Waals surface area contributed by atoms with Gasteiger partial charge in [0.25, 0.3) is 0 Å². The molecule has 1 fully saturated rings. The normalized spacial score (nSPS) is 20.1. The molecule has 0 bridgehead atoms. The molecule has 0 amide bonds. The van der Waals surface area contributed by atoms with Crippen LogP contribution in [0.25, 0.3) is 0 Å². The van der Waals surface area contributed by atoms with Gasteiger partial charge in [0.1, 0.15) is 0 Å². The minimum absolute atomic E-state index is 0.525. The molecule has 2 N–H and O–H groups in total. The van der Waals surface area contributed by atoms with Crippen LogP contribution < -0.4 is 10.6 Å². The summed E-state index contributed by atoms with van der Waals surface area (Å²) in [4.78, 5) is 7.32. The molecule has 114 valence electrons. The highest BCUT2D eigenvalue weighted by atomic mass is 15.2. The van der Waals surface area contributed by atoms with Crippen molar-refractivity contribution in [2.75, 3.05) is 19.6 Å². The van der Waals surface area contributed by atoms with Crippen molar-refractivity contribution in [1.82, 2.24) is 15.5 Å². The summed E-state index contributed by atoms with van der Waals surface area (Å²) in [5.74, 6) is 0.973. The second-order valence-corrected chi connectivity index (χ2v) is 6.11. The Morgan fingerprint density at radius 3 is 2.55 bits per heavy atom. The van der Waals surface area contributed by atoms with Crippen molar-refractivity contribution in [1.29, 1.82) is 0 Å². The Kier molecular flexibility index (Phi) is 5.89. The fourth-order valence-electron chi connectivity index (χ4n) is 2.79. The number of guanidine groups is 1. The highest BCUT2D eigenvalue weighted by Crippen LogP contribution is 2.28. The third-order valence-electron chi connectivity index (χ3n) is 4.00. The van der Waals surface area contributed by atoms with Crippen LogP contribution in [0.15, 0.2) is 17.1 Å². The Morgan fingerprint density at radius 2 is 2.00 bits per heavy atom. The zero-order valence-corrected chi connectivity index (χ0v) is 13.2. The fraction of sp³-hybridized carbons (Fsp3) is 0.812. The van der Waals surface area contributed by atoms with Crippen LogP contribution in [0.4, 0.5) is 0 Å². The predicted octanol–water partition coefficient (Wildman–Crippen LogP) is 2.13. The summed E-state index contributed by atoms with van der Waals surface area (Å²) >= 11 is 0. The molecule has 20 heavy (non-hydrogen) atoms. The first-order chi connectivity index (χ1) is 9.70. The lowest BCUT2D eigenvalue weighted by molar-refractivity contribution is 0.218. The zero-order valence-electron chi connectivity index (χ0n) is 13.2. The molecule has 4 nitrogen and oxygen atoms in total. The molecule has 2 aliphatic rings. The average molecular weight is 278 g/mol. The van der Waals surface area contributed by atoms with Crippen LogP contribution in [0.5, 0.6) is 0 Å². The van der Waals surface area contributed by atoms with Gasteiger partial charge in [-0.25, -0.2) is 0 Å². The van der Waals surface area contributed by atoms with Crippen molar-refractivity contribution in [3.63, 3.8) is 0 Å². The van der Waals surface area contributed by atoms with Crippen LogP contribution in [0.2, 0.25) is 0 Å². The molecular formula is C16H30N4. The van der Waals surface area contributed by atoms with E-state index in [0.29, 0.717) is 12.1 Å². The number of nitrogens with zero attached hydrogens (tertiary/aromatic N) is 2. The van der Waals surface area contributed by atoms with Crippen molar-refractivity contribution in [2.45, 2.75) is 64.6 Å². The predicted molar refractivity (Wildman–Crippen MR) is 86.1 cm³/mol. The van der Waals surface area contributed by atoms with Gasteiger partial charge in [0.05, 0.1) is 6.54 Å². The van der Waals surface area contributed by atoms with E-state index in [0.717, 1.165) is 44.5 Å². The minimum atomic E-state index is 0.525. The molecule has 0 radical (unpaired) electrons. The van der Waals surface area contributed by atoms with Gasteiger partial charge in [-0.2, -0.15) is 0 Å². The lowest BCUT2D eigenvalue weighted by Crippen LogP contribution is -2.43. The summed E-state index contributed by atoms with van der Waals surface area (Å²) in [5, 5.41) is 6.87. The van der Waals surface area contributed by atoms with E-state index in [4.69, 9.17) is 4.99 Å². The van der Waals surface area contributed by atoms with E-state index >= 15 is 0 Å². The molecule has 2 aliphatic carbocycles. The zero-order chi connectivity index (χ0) is 14.4. The van der Waals surface area contributed by atoms with E-state index in [1.807, 2.05) is 0 Å². The lowest BCUT2D eigenvalue weighted by Gasteiger charge is -2.25. The molecule has 0 spiro atoms. The molecule has 0 atom stereocenters. The summed E-state index contributed by atoms with van der Waals surface area (Å²) in [6.07, 6.45) is 9.46. The SMILES string of the molecule is CCNC(=NCCN(C(C)C)C1CC1)NC1CC=CC1. The molecule has 0 aromatic rings. The van der Waals surface area contributed by atoms with Gasteiger partial charge >= 0.3 is 0 Å². The summed E-state index contributed by atoms with van der Waals surface area (Å²) in [7, 11) is 0. The van der Waals surface area contributed by atoms with Gasteiger partial charge in [0.15, 0.2) is 5.96 Å². The molecule has 0 saturated heterocycles. The molecule has 0 aromatic carbocycles. The number of rotatable bonds is 7. The highest BCUT2D eigenvalue weighted by molar-refractivity contribution is 5.80. The molecular weight excluding hydrogens is 248 g/mol. The average Bonchev–Trinajstić information content (AvgIpc) is 3.11. The Labute approximate surface area is 123 Å². The van der Waals surface area contributed by atoms with Crippen molar-refractivity contribution < 1.29 is 0 Å². The maximum Gasteiger partial charge on any atom is 0.191 e. The standard InChI is InChI=1S/C16H30N4/c1-4-17-16(19-14-7-5-6-8-14)18-11-12-20(13(2)3)15-9-10-15/h5-6,13-15H,4,7-12H2,1-3H3,(H2,17,18,19). The largest absolute Gasteiger partial charge is 0.357 e. The molecule has 0 aromatic heterocycles. The second-order valence-electron chi connectivity index (χ2n) is 6.11. The second kappa shape index (κ2) is 7.67. The Bertz CT molecular complexity index is 334. The molecule has 2 rings (SSSR count). The van der Waals surface area contributed by atoms with Crippen molar-refractivity contribution in [3.05, 3.63) is 12.2 Å². The fourth-order valence-corrected chi connectivity index (χ4v) is 2.79. The van der Waals surface area contributed by atoms with E-state index < -0.39 is 0 Å². The quantitative estimate of drug-likeness (QED) is 0.426. The smallest absolute Gasteiger partial charge is 0.191 e. The highest BCUT2D eigenvalue weighted by Gasteiger charge is 2.30. The van der Waals surface area contributed by atoms with E-state index in [2.05, 4.69) is 48.5 Å². The summed E-state index contributed by atoms with van der Waals surface area (Å²) in [5.41, 5.74) is 0. The molecule has 0 heterocycles. The third-order valence-corrected chi connectivity index (χ3v) is 4.00. The number of hydrogen-bond acceptors (Lipinski definition) is 2. The Balaban J connectivity index is 1.78. The molecule has 0 aliphatic heterocycles. The third kappa shape index (κ3) is 4.82. The maximum atomic E-state index is 4.73. The van der Waals surface area contributed by atoms with Gasteiger partial charge < -0.3 is 10.6 Å².